The van der Waals surface area contributed by atoms with Crippen molar-refractivity contribution >= 4 is 15.1 Å². The van der Waals surface area contributed by atoms with Gasteiger partial charge >= 0.3 is 15.1 Å². The van der Waals surface area contributed by atoms with Crippen LogP contribution in [0, 0.1) is 0 Å². The predicted molar refractivity (Wildman–Crippen MR) is 142 cm³/mol. The lowest BCUT2D eigenvalue weighted by Gasteiger charge is -2.39. The summed E-state index contributed by atoms with van der Waals surface area (Å²) in [4.78, 5) is 0. The standard InChI is InChI=1S/C16H36N.2C4H10O.2BF3.FH/c1-5-9-13-17(14-10-6-2,15-11-7-3)16-12-8-4;2*1-3-5-4-2;2*2-1(3)4;/h5-16H2,1-4H3;2*3-4H2,1-2H3;;;1H/q+1;;;;;/p-1. The van der Waals surface area contributed by atoms with Crippen molar-refractivity contribution in [3.8, 4) is 0 Å². The molecule has 0 aliphatic heterocycles. The Morgan fingerprint density at radius 3 is 0.694 bits per heavy atom. The second kappa shape index (κ2) is 44.5. The highest BCUT2D eigenvalue weighted by molar-refractivity contribution is 6.33. The number of unbranched alkanes of at least 4 members (excludes halogenated alkanes) is 4. The molecule has 0 bridgehead atoms. The van der Waals surface area contributed by atoms with Gasteiger partial charge in [-0.05, 0) is 53.4 Å². The highest BCUT2D eigenvalue weighted by atomic mass is 19.4. The van der Waals surface area contributed by atoms with Gasteiger partial charge in [-0.3, -0.25) is 25.9 Å². The molecule has 0 N–H and O–H groups in total. The number of hydrogen-bond acceptors (Lipinski definition) is 2. The number of halogens is 7. The van der Waals surface area contributed by atoms with Crippen molar-refractivity contribution in [3.05, 3.63) is 0 Å². The summed E-state index contributed by atoms with van der Waals surface area (Å²) in [5.41, 5.74) is 0. The fraction of sp³-hybridized carbons (Fsp3) is 1.00. The van der Waals surface area contributed by atoms with E-state index in [2.05, 4.69) is 27.7 Å². The van der Waals surface area contributed by atoms with Gasteiger partial charge in [-0.2, -0.15) is 0 Å². The van der Waals surface area contributed by atoms with Gasteiger partial charge in [-0.15, -0.1) is 0 Å². The molecule has 0 saturated carbocycles. The first-order chi connectivity index (χ1) is 16.5. The van der Waals surface area contributed by atoms with E-state index in [-0.39, 0.29) is 4.70 Å². The summed E-state index contributed by atoms with van der Waals surface area (Å²) >= 11 is 0. The van der Waals surface area contributed by atoms with Crippen LogP contribution in [0.4, 0.5) is 25.9 Å². The molecular formula is C24H56B2F7NO2. The smallest absolute Gasteiger partial charge is 0.762 e. The maximum atomic E-state index is 9.67. The van der Waals surface area contributed by atoms with Crippen molar-refractivity contribution in [2.24, 2.45) is 0 Å². The minimum Gasteiger partial charge on any atom is -1.00 e. The zero-order valence-electron chi connectivity index (χ0n) is 24.4. The zero-order chi connectivity index (χ0) is 28.4. The Balaban J connectivity index is -0.0000000966. The topological polar surface area (TPSA) is 18.5 Å². The van der Waals surface area contributed by atoms with Crippen LogP contribution >= 0.6 is 0 Å². The molecule has 224 valence electrons. The molecule has 0 rings (SSSR count). The maximum absolute atomic E-state index is 9.67. The molecule has 0 aromatic carbocycles. The largest absolute Gasteiger partial charge is 1.00 e. The fourth-order valence-electron chi connectivity index (χ4n) is 3.05. The van der Waals surface area contributed by atoms with Crippen LogP contribution in [-0.4, -0.2) is 72.2 Å². The molecule has 36 heavy (non-hydrogen) atoms. The number of rotatable bonds is 16. The molecule has 0 aliphatic rings. The lowest BCUT2D eigenvalue weighted by Crippen LogP contribution is -3.00. The summed E-state index contributed by atoms with van der Waals surface area (Å²) in [7, 11) is -7.33. The van der Waals surface area contributed by atoms with Crippen LogP contribution in [0.25, 0.3) is 0 Å². The van der Waals surface area contributed by atoms with E-state index >= 15 is 0 Å². The predicted octanol–water partition coefficient (Wildman–Crippen LogP) is 5.85. The van der Waals surface area contributed by atoms with E-state index < -0.39 is 15.1 Å². The summed E-state index contributed by atoms with van der Waals surface area (Å²) in [5, 5.41) is 0. The minimum atomic E-state index is -3.67. The van der Waals surface area contributed by atoms with Crippen LogP contribution in [0.2, 0.25) is 0 Å². The van der Waals surface area contributed by atoms with Gasteiger partial charge in [-0.25, -0.2) is 0 Å². The molecule has 12 heteroatoms. The number of hydrogen-bond donors (Lipinski definition) is 0. The maximum Gasteiger partial charge on any atom is 0.762 e. The molecule has 0 spiro atoms. The van der Waals surface area contributed by atoms with Crippen LogP contribution in [0.3, 0.4) is 0 Å². The van der Waals surface area contributed by atoms with E-state index in [1.54, 1.807) is 0 Å². The molecule has 0 heterocycles. The molecule has 0 atom stereocenters. The van der Waals surface area contributed by atoms with Gasteiger partial charge in [0, 0.05) is 26.4 Å². The highest BCUT2D eigenvalue weighted by Crippen LogP contribution is 2.16. The average molecular weight is 545 g/mol. The summed E-state index contributed by atoms with van der Waals surface area (Å²) in [6.07, 6.45) is 11.1. The van der Waals surface area contributed by atoms with Gasteiger partial charge < -0.3 is 18.7 Å². The SMILES string of the molecule is CCCC[N+](CCCC)(CCCC)CCCC.CCOCC.CCOCC.FB(F)F.FB(F)F.[F-]. The Labute approximate surface area is 219 Å². The van der Waals surface area contributed by atoms with E-state index in [9.17, 15) is 25.9 Å². The number of quaternary nitrogens is 1. The normalized spacial score (nSPS) is 9.50. The van der Waals surface area contributed by atoms with Gasteiger partial charge in [0.15, 0.2) is 0 Å². The van der Waals surface area contributed by atoms with Crippen LogP contribution in [0.15, 0.2) is 0 Å². The summed E-state index contributed by atoms with van der Waals surface area (Å²) in [5.74, 6) is 0. The van der Waals surface area contributed by atoms with Gasteiger partial charge in [0.05, 0.1) is 26.2 Å². The Hall–Kier alpha value is -0.480. The van der Waals surface area contributed by atoms with Crippen LogP contribution < -0.4 is 4.70 Å². The van der Waals surface area contributed by atoms with Gasteiger partial charge in [0.1, 0.15) is 0 Å². The monoisotopic (exact) mass is 545 g/mol. The minimum absolute atomic E-state index is 0. The molecule has 0 aromatic heterocycles. The highest BCUT2D eigenvalue weighted by Gasteiger charge is 2.24. The van der Waals surface area contributed by atoms with Crippen LogP contribution in [0.1, 0.15) is 107 Å². The van der Waals surface area contributed by atoms with E-state index in [0.717, 1.165) is 26.4 Å². The molecule has 0 saturated heterocycles. The molecule has 0 aromatic rings. The van der Waals surface area contributed by atoms with Crippen LogP contribution in [-0.2, 0) is 9.47 Å². The van der Waals surface area contributed by atoms with Gasteiger partial charge in [-0.1, -0.05) is 53.4 Å². The summed E-state index contributed by atoms with van der Waals surface area (Å²) in [6.45, 7) is 26.4. The molecule has 3 nitrogen and oxygen atoms in total. The van der Waals surface area contributed by atoms with Gasteiger partial charge in [0.2, 0.25) is 0 Å². The Kier molecular flexibility index (Phi) is 60.1. The number of ether oxygens (including phenoxy) is 2. The van der Waals surface area contributed by atoms with E-state index in [1.807, 2.05) is 27.7 Å². The van der Waals surface area contributed by atoms with Crippen molar-refractivity contribution in [1.29, 1.82) is 0 Å². The van der Waals surface area contributed by atoms with Crippen LogP contribution in [0.5, 0.6) is 0 Å². The molecule has 0 unspecified atom stereocenters. The lowest BCUT2D eigenvalue weighted by molar-refractivity contribution is -0.929. The van der Waals surface area contributed by atoms with Crippen molar-refractivity contribution in [1.82, 2.24) is 0 Å². The van der Waals surface area contributed by atoms with Gasteiger partial charge in [0.25, 0.3) is 0 Å². The third-order valence-corrected chi connectivity index (χ3v) is 4.76. The molecule has 0 radical (unpaired) electrons. The zero-order valence-corrected chi connectivity index (χ0v) is 24.4. The Morgan fingerprint density at radius 1 is 0.444 bits per heavy atom. The Bertz CT molecular complexity index is 282. The van der Waals surface area contributed by atoms with Crippen molar-refractivity contribution in [2.75, 3.05) is 52.6 Å². The fourth-order valence-corrected chi connectivity index (χ4v) is 3.05. The molecule has 0 aliphatic carbocycles. The first-order valence-electron chi connectivity index (χ1n) is 13.4. The first kappa shape index (κ1) is 48.6. The Morgan fingerprint density at radius 2 is 0.611 bits per heavy atom. The van der Waals surface area contributed by atoms with E-state index in [4.69, 9.17) is 9.47 Å². The molecule has 0 fully saturated rings. The summed E-state index contributed by atoms with van der Waals surface area (Å²) < 4.78 is 69.1. The average Bonchev–Trinajstić information content (AvgIpc) is 2.79. The van der Waals surface area contributed by atoms with E-state index in [1.165, 1.54) is 82.0 Å². The number of nitrogens with zero attached hydrogens (tertiary/aromatic N) is 1. The molecular weight excluding hydrogens is 489 g/mol. The van der Waals surface area contributed by atoms with Crippen molar-refractivity contribution in [3.63, 3.8) is 0 Å². The molecule has 0 amide bonds. The third kappa shape index (κ3) is 64.1. The second-order valence-corrected chi connectivity index (χ2v) is 7.71. The quantitative estimate of drug-likeness (QED) is 0.138. The third-order valence-electron chi connectivity index (χ3n) is 4.76. The second-order valence-electron chi connectivity index (χ2n) is 7.71. The van der Waals surface area contributed by atoms with Crippen molar-refractivity contribution < 1.29 is 44.6 Å². The summed E-state index contributed by atoms with van der Waals surface area (Å²) in [6, 6.07) is 0. The van der Waals surface area contributed by atoms with E-state index in [0.29, 0.717) is 0 Å². The first-order valence-corrected chi connectivity index (χ1v) is 13.4. The lowest BCUT2D eigenvalue weighted by atomic mass is 10.1. The van der Waals surface area contributed by atoms with Crippen molar-refractivity contribution in [2.45, 2.75) is 107 Å².